The second-order valence-corrected chi connectivity index (χ2v) is 5.73. The highest BCUT2D eigenvalue weighted by atomic mass is 35.5. The highest BCUT2D eigenvalue weighted by Crippen LogP contribution is 2.31. The fraction of sp³-hybridized carbons (Fsp3) is 0.286. The Morgan fingerprint density at radius 1 is 1.30 bits per heavy atom. The van der Waals surface area contributed by atoms with E-state index >= 15 is 0 Å². The van der Waals surface area contributed by atoms with Crippen LogP contribution in [0.15, 0.2) is 24.3 Å². The van der Waals surface area contributed by atoms with Gasteiger partial charge in [0.1, 0.15) is 0 Å². The molecule has 23 heavy (non-hydrogen) atoms. The zero-order chi connectivity index (χ0) is 17.0. The molecule has 0 fully saturated rings. The van der Waals surface area contributed by atoms with Crippen molar-refractivity contribution in [3.63, 3.8) is 0 Å². The first-order valence-electron chi connectivity index (χ1n) is 6.95. The smallest absolute Gasteiger partial charge is 0.353 e. The van der Waals surface area contributed by atoms with E-state index in [4.69, 9.17) is 17.3 Å². The number of hydrogen-bond acceptors (Lipinski definition) is 7. The average molecular weight is 337 g/mol. The largest absolute Gasteiger partial charge is 0.378 e. The van der Waals surface area contributed by atoms with Crippen LogP contribution in [-0.4, -0.2) is 21.4 Å². The summed E-state index contributed by atoms with van der Waals surface area (Å²) < 4.78 is 0. The molecule has 0 spiro atoms. The molecule has 0 amide bonds. The minimum atomic E-state index is -0.611. The molecular weight excluding hydrogens is 320 g/mol. The van der Waals surface area contributed by atoms with Crippen LogP contribution >= 0.6 is 11.6 Å². The zero-order valence-corrected chi connectivity index (χ0v) is 13.5. The number of halogens is 1. The lowest BCUT2D eigenvalue weighted by molar-refractivity contribution is -0.383. The molecule has 1 heterocycles. The molecular formula is C14H17ClN6O2. The van der Waals surface area contributed by atoms with Gasteiger partial charge in [-0.1, -0.05) is 25.4 Å². The third kappa shape index (κ3) is 4.43. The van der Waals surface area contributed by atoms with E-state index in [-0.39, 0.29) is 23.3 Å². The van der Waals surface area contributed by atoms with Crippen LogP contribution in [0.25, 0.3) is 0 Å². The van der Waals surface area contributed by atoms with E-state index in [2.05, 4.69) is 20.6 Å². The van der Waals surface area contributed by atoms with Crippen molar-refractivity contribution in [3.05, 3.63) is 39.4 Å². The Labute approximate surface area is 138 Å². The van der Waals surface area contributed by atoms with Gasteiger partial charge in [-0.2, -0.15) is 9.97 Å². The van der Waals surface area contributed by atoms with Crippen molar-refractivity contribution >= 4 is 40.6 Å². The Morgan fingerprint density at radius 2 is 1.96 bits per heavy atom. The normalized spacial score (nSPS) is 10.6. The van der Waals surface area contributed by atoms with Crippen molar-refractivity contribution in [1.82, 2.24) is 9.97 Å². The molecule has 0 atom stereocenters. The summed E-state index contributed by atoms with van der Waals surface area (Å²) in [6, 6.07) is 6.70. The second-order valence-electron chi connectivity index (χ2n) is 5.29. The molecule has 2 rings (SSSR count). The Balaban J connectivity index is 2.37. The lowest BCUT2D eigenvalue weighted by Crippen LogP contribution is -2.13. The van der Waals surface area contributed by atoms with E-state index in [1.165, 1.54) is 0 Å². The van der Waals surface area contributed by atoms with Crippen LogP contribution in [0.5, 0.6) is 0 Å². The van der Waals surface area contributed by atoms with Crippen LogP contribution in [0.1, 0.15) is 13.8 Å². The minimum absolute atomic E-state index is 0.0241. The van der Waals surface area contributed by atoms with Crippen molar-refractivity contribution in [1.29, 1.82) is 0 Å². The van der Waals surface area contributed by atoms with Crippen LogP contribution in [-0.2, 0) is 0 Å². The molecule has 122 valence electrons. The fourth-order valence-electron chi connectivity index (χ4n) is 1.78. The zero-order valence-electron chi connectivity index (χ0n) is 12.7. The molecule has 0 radical (unpaired) electrons. The number of anilines is 4. The van der Waals surface area contributed by atoms with Crippen LogP contribution in [0.4, 0.5) is 29.0 Å². The van der Waals surface area contributed by atoms with Crippen molar-refractivity contribution < 1.29 is 4.92 Å². The summed E-state index contributed by atoms with van der Waals surface area (Å²) in [6.45, 7) is 4.67. The molecule has 0 saturated carbocycles. The van der Waals surface area contributed by atoms with Gasteiger partial charge in [-0.15, -0.1) is 0 Å². The van der Waals surface area contributed by atoms with Gasteiger partial charge in [0.25, 0.3) is 0 Å². The molecule has 0 aliphatic rings. The number of nitrogens with two attached hydrogens (primary N) is 1. The minimum Gasteiger partial charge on any atom is -0.378 e. The fourth-order valence-corrected chi connectivity index (χ4v) is 1.91. The lowest BCUT2D eigenvalue weighted by atomic mass is 10.2. The highest BCUT2D eigenvalue weighted by molar-refractivity contribution is 6.30. The number of nitrogens with one attached hydrogen (secondary N) is 2. The number of benzene rings is 1. The number of hydrogen-bond donors (Lipinski definition) is 3. The van der Waals surface area contributed by atoms with Crippen molar-refractivity contribution in [2.45, 2.75) is 13.8 Å². The van der Waals surface area contributed by atoms with Gasteiger partial charge in [0, 0.05) is 17.3 Å². The van der Waals surface area contributed by atoms with Gasteiger partial charge in [-0.25, -0.2) is 0 Å². The maximum absolute atomic E-state index is 11.2. The molecule has 0 unspecified atom stereocenters. The van der Waals surface area contributed by atoms with E-state index in [1.54, 1.807) is 24.3 Å². The number of nitro groups is 1. The molecule has 9 heteroatoms. The number of rotatable bonds is 6. The quantitative estimate of drug-likeness (QED) is 0.546. The Hall–Kier alpha value is -2.61. The number of aromatic nitrogens is 2. The third-order valence-electron chi connectivity index (χ3n) is 2.87. The van der Waals surface area contributed by atoms with Crippen LogP contribution in [0, 0.1) is 16.0 Å². The number of nitrogens with zero attached hydrogens (tertiary/aromatic N) is 3. The Morgan fingerprint density at radius 3 is 2.52 bits per heavy atom. The van der Waals surface area contributed by atoms with Crippen molar-refractivity contribution in [2.75, 3.05) is 22.9 Å². The molecule has 0 aliphatic heterocycles. The molecule has 0 aliphatic carbocycles. The Kier molecular flexibility index (Phi) is 5.17. The van der Waals surface area contributed by atoms with Gasteiger partial charge in [-0.05, 0) is 30.2 Å². The lowest BCUT2D eigenvalue weighted by Gasteiger charge is -2.11. The van der Waals surface area contributed by atoms with Gasteiger partial charge in [-0.3, -0.25) is 10.1 Å². The van der Waals surface area contributed by atoms with E-state index in [0.29, 0.717) is 23.2 Å². The first-order valence-corrected chi connectivity index (χ1v) is 7.33. The summed E-state index contributed by atoms with van der Waals surface area (Å²) in [5.41, 5.74) is 5.95. The summed E-state index contributed by atoms with van der Waals surface area (Å²) in [4.78, 5) is 18.7. The summed E-state index contributed by atoms with van der Waals surface area (Å²) in [5.74, 6) is 0.421. The molecule has 1 aromatic carbocycles. The molecule has 8 nitrogen and oxygen atoms in total. The maximum atomic E-state index is 11.2. The predicted octanol–water partition coefficient (Wildman–Crippen LogP) is 3.43. The predicted molar refractivity (Wildman–Crippen MR) is 91.2 cm³/mol. The van der Waals surface area contributed by atoms with Gasteiger partial charge in [0.15, 0.2) is 0 Å². The van der Waals surface area contributed by atoms with Crippen LogP contribution in [0.3, 0.4) is 0 Å². The second kappa shape index (κ2) is 7.10. The van der Waals surface area contributed by atoms with Gasteiger partial charge >= 0.3 is 5.69 Å². The average Bonchev–Trinajstić information content (AvgIpc) is 2.46. The summed E-state index contributed by atoms with van der Waals surface area (Å²) in [6.07, 6.45) is 0. The summed E-state index contributed by atoms with van der Waals surface area (Å²) in [7, 11) is 0. The first kappa shape index (κ1) is 16.8. The van der Waals surface area contributed by atoms with E-state index in [9.17, 15) is 10.1 Å². The highest BCUT2D eigenvalue weighted by Gasteiger charge is 2.23. The molecule has 0 bridgehead atoms. The standard InChI is InChI=1S/C14H17ClN6O2/c1-8(2)7-17-14-19-12(16)11(21(22)23)13(20-14)18-10-5-3-9(15)4-6-10/h3-6,8H,7H2,1-2H3,(H4,16,17,18,19,20). The van der Waals surface area contributed by atoms with Gasteiger partial charge < -0.3 is 16.4 Å². The van der Waals surface area contributed by atoms with E-state index in [1.807, 2.05) is 13.8 Å². The summed E-state index contributed by atoms with van der Waals surface area (Å²) >= 11 is 5.83. The molecule has 4 N–H and O–H groups in total. The molecule has 2 aromatic rings. The topological polar surface area (TPSA) is 119 Å². The first-order chi connectivity index (χ1) is 10.9. The van der Waals surface area contributed by atoms with E-state index < -0.39 is 4.92 Å². The maximum Gasteiger partial charge on any atom is 0.353 e. The molecule has 0 saturated heterocycles. The van der Waals surface area contributed by atoms with Crippen LogP contribution < -0.4 is 16.4 Å². The Bertz CT molecular complexity index is 705. The van der Waals surface area contributed by atoms with Crippen LogP contribution in [0.2, 0.25) is 5.02 Å². The molecule has 1 aromatic heterocycles. The van der Waals surface area contributed by atoms with Crippen molar-refractivity contribution in [2.24, 2.45) is 5.92 Å². The summed E-state index contributed by atoms with van der Waals surface area (Å²) in [5, 5.41) is 17.7. The monoisotopic (exact) mass is 336 g/mol. The number of nitrogen functional groups attached to an aromatic ring is 1. The van der Waals surface area contributed by atoms with Gasteiger partial charge in [0.05, 0.1) is 4.92 Å². The van der Waals surface area contributed by atoms with E-state index in [0.717, 1.165) is 0 Å². The van der Waals surface area contributed by atoms with Gasteiger partial charge in [0.2, 0.25) is 17.6 Å². The SMILES string of the molecule is CC(C)CNc1nc(N)c([N+](=O)[O-])c(Nc2ccc(Cl)cc2)n1. The van der Waals surface area contributed by atoms with Crippen molar-refractivity contribution in [3.8, 4) is 0 Å². The third-order valence-corrected chi connectivity index (χ3v) is 3.12.